The van der Waals surface area contributed by atoms with Crippen LogP contribution in [-0.2, 0) is 9.53 Å². The first-order chi connectivity index (χ1) is 8.49. The molecule has 2 rings (SSSR count). The van der Waals surface area contributed by atoms with Gasteiger partial charge in [-0.15, -0.1) is 0 Å². The third kappa shape index (κ3) is 2.71. The highest BCUT2D eigenvalue weighted by Crippen LogP contribution is 2.27. The minimum absolute atomic E-state index is 0.271. The first-order valence-electron chi connectivity index (χ1n) is 5.55. The lowest BCUT2D eigenvalue weighted by atomic mass is 10.0. The Kier molecular flexibility index (Phi) is 3.99. The van der Waals surface area contributed by atoms with Gasteiger partial charge in [0.05, 0.1) is 16.7 Å². The molecule has 0 bridgehead atoms. The zero-order valence-electron chi connectivity index (χ0n) is 9.69. The van der Waals surface area contributed by atoms with Gasteiger partial charge in [0, 0.05) is 6.54 Å². The Labute approximate surface area is 112 Å². The molecule has 1 aromatic carbocycles. The Morgan fingerprint density at radius 1 is 1.61 bits per heavy atom. The summed E-state index contributed by atoms with van der Waals surface area (Å²) in [5, 5.41) is 11.9. The van der Waals surface area contributed by atoms with Crippen molar-refractivity contribution in [2.75, 3.05) is 6.54 Å². The predicted octanol–water partition coefficient (Wildman–Crippen LogP) is 2.09. The van der Waals surface area contributed by atoms with Gasteiger partial charge >= 0.3 is 5.97 Å². The van der Waals surface area contributed by atoms with Gasteiger partial charge in [-0.25, -0.2) is 4.39 Å². The van der Waals surface area contributed by atoms with Crippen molar-refractivity contribution < 1.29 is 19.0 Å². The number of benzene rings is 1. The molecular weight excluding hydrogens is 305 g/mol. The largest absolute Gasteiger partial charge is 0.480 e. The minimum atomic E-state index is -0.929. The zero-order valence-corrected chi connectivity index (χ0v) is 11.3. The van der Waals surface area contributed by atoms with Gasteiger partial charge in [0.15, 0.2) is 0 Å². The number of nitrogens with one attached hydrogen (secondary N) is 1. The maximum absolute atomic E-state index is 13.1. The molecule has 0 aliphatic carbocycles. The van der Waals surface area contributed by atoms with Gasteiger partial charge in [-0.3, -0.25) is 10.1 Å². The number of hydrogen-bond acceptors (Lipinski definition) is 3. The molecule has 18 heavy (non-hydrogen) atoms. The van der Waals surface area contributed by atoms with Crippen LogP contribution in [0.5, 0.6) is 0 Å². The number of ether oxygens (including phenoxy) is 1. The summed E-state index contributed by atoms with van der Waals surface area (Å²) >= 11 is 3.12. The van der Waals surface area contributed by atoms with Gasteiger partial charge in [0.25, 0.3) is 0 Å². The number of carboxylic acids is 1. The molecule has 1 aliphatic rings. The SMILES string of the molecule is CC1OC(c2ccc(F)c(Br)c2)CNC1C(=O)O. The van der Waals surface area contributed by atoms with Crippen LogP contribution in [0.1, 0.15) is 18.6 Å². The van der Waals surface area contributed by atoms with Crippen LogP contribution in [0, 0.1) is 5.82 Å². The third-order valence-corrected chi connectivity index (χ3v) is 3.56. The third-order valence-electron chi connectivity index (χ3n) is 2.95. The van der Waals surface area contributed by atoms with Crippen molar-refractivity contribution in [1.29, 1.82) is 0 Å². The van der Waals surface area contributed by atoms with Crippen LogP contribution in [0.15, 0.2) is 22.7 Å². The van der Waals surface area contributed by atoms with E-state index >= 15 is 0 Å². The molecule has 4 nitrogen and oxygen atoms in total. The van der Waals surface area contributed by atoms with Crippen molar-refractivity contribution in [3.05, 3.63) is 34.1 Å². The van der Waals surface area contributed by atoms with Gasteiger partial charge in [-0.05, 0) is 40.5 Å². The number of aliphatic carboxylic acids is 1. The Morgan fingerprint density at radius 2 is 2.33 bits per heavy atom. The monoisotopic (exact) mass is 317 g/mol. The van der Waals surface area contributed by atoms with Gasteiger partial charge in [-0.2, -0.15) is 0 Å². The molecule has 0 saturated carbocycles. The van der Waals surface area contributed by atoms with E-state index in [2.05, 4.69) is 21.2 Å². The molecule has 1 aromatic rings. The van der Waals surface area contributed by atoms with Crippen molar-refractivity contribution in [2.45, 2.75) is 25.2 Å². The maximum atomic E-state index is 13.1. The highest BCUT2D eigenvalue weighted by atomic mass is 79.9. The van der Waals surface area contributed by atoms with Crippen LogP contribution in [0.4, 0.5) is 4.39 Å². The van der Waals surface area contributed by atoms with Crippen LogP contribution < -0.4 is 5.32 Å². The molecule has 1 heterocycles. The Hall–Kier alpha value is -0.980. The summed E-state index contributed by atoms with van der Waals surface area (Å²) in [6, 6.07) is 3.94. The minimum Gasteiger partial charge on any atom is -0.480 e. The van der Waals surface area contributed by atoms with Crippen LogP contribution in [0.2, 0.25) is 0 Å². The fraction of sp³-hybridized carbons (Fsp3) is 0.417. The van der Waals surface area contributed by atoms with E-state index in [0.29, 0.717) is 11.0 Å². The summed E-state index contributed by atoms with van der Waals surface area (Å²) in [7, 11) is 0. The van der Waals surface area contributed by atoms with E-state index in [-0.39, 0.29) is 11.9 Å². The zero-order chi connectivity index (χ0) is 13.3. The lowest BCUT2D eigenvalue weighted by Gasteiger charge is -2.33. The number of morpholine rings is 1. The van der Waals surface area contributed by atoms with Crippen LogP contribution in [0.25, 0.3) is 0 Å². The van der Waals surface area contributed by atoms with E-state index in [0.717, 1.165) is 5.56 Å². The molecule has 98 valence electrons. The quantitative estimate of drug-likeness (QED) is 0.877. The maximum Gasteiger partial charge on any atom is 0.323 e. The molecule has 0 radical (unpaired) electrons. The lowest BCUT2D eigenvalue weighted by molar-refractivity contribution is -0.149. The van der Waals surface area contributed by atoms with Crippen LogP contribution >= 0.6 is 15.9 Å². The molecule has 0 spiro atoms. The van der Waals surface area contributed by atoms with E-state index in [4.69, 9.17) is 9.84 Å². The topological polar surface area (TPSA) is 58.6 Å². The number of carboxylic acid groups (broad SMARTS) is 1. The molecular formula is C12H13BrFNO3. The van der Waals surface area contributed by atoms with E-state index in [1.54, 1.807) is 19.1 Å². The van der Waals surface area contributed by atoms with Crippen molar-refractivity contribution in [2.24, 2.45) is 0 Å². The van der Waals surface area contributed by atoms with E-state index < -0.39 is 18.1 Å². The molecule has 2 N–H and O–H groups in total. The first-order valence-corrected chi connectivity index (χ1v) is 6.35. The van der Waals surface area contributed by atoms with E-state index in [1.807, 2.05) is 0 Å². The molecule has 1 fully saturated rings. The fourth-order valence-electron chi connectivity index (χ4n) is 1.98. The molecule has 3 atom stereocenters. The van der Waals surface area contributed by atoms with E-state index in [9.17, 15) is 9.18 Å². The predicted molar refractivity (Wildman–Crippen MR) is 66.8 cm³/mol. The average molecular weight is 318 g/mol. The summed E-state index contributed by atoms with van der Waals surface area (Å²) in [6.07, 6.45) is -0.711. The van der Waals surface area contributed by atoms with E-state index in [1.165, 1.54) is 6.07 Å². The summed E-state index contributed by atoms with van der Waals surface area (Å²) in [6.45, 7) is 2.09. The first kappa shape index (κ1) is 13.5. The molecule has 1 aliphatic heterocycles. The summed E-state index contributed by atoms with van der Waals surface area (Å²) in [5.41, 5.74) is 0.812. The van der Waals surface area contributed by atoms with Crippen molar-refractivity contribution >= 4 is 21.9 Å². The number of halogens is 2. The number of hydrogen-bond donors (Lipinski definition) is 2. The summed E-state index contributed by atoms with van der Waals surface area (Å²) in [4.78, 5) is 10.9. The number of carbonyl (C=O) groups is 1. The highest BCUT2D eigenvalue weighted by molar-refractivity contribution is 9.10. The summed E-state index contributed by atoms with van der Waals surface area (Å²) in [5.74, 6) is -1.26. The second-order valence-electron chi connectivity index (χ2n) is 4.23. The smallest absolute Gasteiger partial charge is 0.323 e. The molecule has 0 amide bonds. The molecule has 6 heteroatoms. The molecule has 0 aromatic heterocycles. The van der Waals surface area contributed by atoms with Gasteiger partial charge < -0.3 is 9.84 Å². The average Bonchev–Trinajstić information content (AvgIpc) is 2.32. The van der Waals surface area contributed by atoms with Gasteiger partial charge in [0.1, 0.15) is 11.9 Å². The Bertz CT molecular complexity index is 469. The highest BCUT2D eigenvalue weighted by Gasteiger charge is 2.33. The second-order valence-corrected chi connectivity index (χ2v) is 5.08. The van der Waals surface area contributed by atoms with Crippen LogP contribution in [0.3, 0.4) is 0 Å². The Balaban J connectivity index is 2.12. The molecule has 1 saturated heterocycles. The second kappa shape index (κ2) is 5.34. The standard InChI is InChI=1S/C12H13BrFNO3/c1-6-11(12(16)17)15-5-10(18-6)7-2-3-9(14)8(13)4-7/h2-4,6,10-11,15H,5H2,1H3,(H,16,17). The lowest BCUT2D eigenvalue weighted by Crippen LogP contribution is -2.52. The summed E-state index contributed by atoms with van der Waals surface area (Å²) < 4.78 is 19.2. The molecule has 3 unspecified atom stereocenters. The fourth-order valence-corrected chi connectivity index (χ4v) is 2.38. The van der Waals surface area contributed by atoms with Gasteiger partial charge in [0.2, 0.25) is 0 Å². The van der Waals surface area contributed by atoms with Crippen LogP contribution in [-0.4, -0.2) is 29.8 Å². The Morgan fingerprint density at radius 3 is 2.89 bits per heavy atom. The normalized spacial score (nSPS) is 28.1. The van der Waals surface area contributed by atoms with Crippen molar-refractivity contribution in [3.63, 3.8) is 0 Å². The van der Waals surface area contributed by atoms with Crippen molar-refractivity contribution in [3.8, 4) is 0 Å². The van der Waals surface area contributed by atoms with Gasteiger partial charge in [-0.1, -0.05) is 6.07 Å². The number of rotatable bonds is 2. The van der Waals surface area contributed by atoms with Crippen molar-refractivity contribution in [1.82, 2.24) is 5.32 Å².